The predicted octanol–water partition coefficient (Wildman–Crippen LogP) is 3.27. The van der Waals surface area contributed by atoms with Gasteiger partial charge in [-0.25, -0.2) is 0 Å². The Hall–Kier alpha value is -1.30. The zero-order chi connectivity index (χ0) is 17.6. The summed E-state index contributed by atoms with van der Waals surface area (Å²) in [6.45, 7) is 2.21. The van der Waals surface area contributed by atoms with Crippen LogP contribution in [0.3, 0.4) is 0 Å². The fourth-order valence-electron chi connectivity index (χ4n) is 3.99. The number of hydrogen-bond donors (Lipinski definition) is 0. The van der Waals surface area contributed by atoms with Crippen molar-refractivity contribution in [3.05, 3.63) is 23.8 Å². The fourth-order valence-corrected chi connectivity index (χ4v) is 3.99. The first kappa shape index (κ1) is 21.0. The summed E-state index contributed by atoms with van der Waals surface area (Å²) >= 11 is 0. The molecule has 26 heavy (non-hydrogen) atoms. The van der Waals surface area contributed by atoms with Crippen molar-refractivity contribution in [1.29, 1.82) is 0 Å². The van der Waals surface area contributed by atoms with Crippen LogP contribution in [-0.2, 0) is 16.0 Å². The summed E-state index contributed by atoms with van der Waals surface area (Å²) < 4.78 is 16.9. The lowest BCUT2D eigenvalue weighted by molar-refractivity contribution is -0.117. The molecule has 1 aliphatic heterocycles. The highest BCUT2D eigenvalue weighted by Gasteiger charge is 2.34. The van der Waals surface area contributed by atoms with Gasteiger partial charge in [0.1, 0.15) is 5.78 Å². The third-order valence-corrected chi connectivity index (χ3v) is 5.36. The monoisotopic (exact) mass is 383 g/mol. The molecule has 0 spiro atoms. The number of ether oxygens (including phenoxy) is 3. The summed E-state index contributed by atoms with van der Waals surface area (Å²) in [4.78, 5) is 13.9. The lowest BCUT2D eigenvalue weighted by Crippen LogP contribution is -2.45. The molecular formula is C20H30ClNO4. The van der Waals surface area contributed by atoms with Crippen LogP contribution in [0.2, 0.25) is 0 Å². The maximum atomic E-state index is 11.6. The topological polar surface area (TPSA) is 48.0 Å². The summed E-state index contributed by atoms with van der Waals surface area (Å²) in [5.41, 5.74) is 1.18. The number of carbonyl (C=O) groups excluding carboxylic acids is 1. The van der Waals surface area contributed by atoms with Crippen molar-refractivity contribution >= 4 is 18.2 Å². The maximum Gasteiger partial charge on any atom is 0.160 e. The van der Waals surface area contributed by atoms with Crippen molar-refractivity contribution in [3.63, 3.8) is 0 Å². The molecule has 0 bridgehead atoms. The van der Waals surface area contributed by atoms with E-state index in [9.17, 15) is 4.79 Å². The molecule has 0 aromatic heterocycles. The molecule has 2 fully saturated rings. The van der Waals surface area contributed by atoms with Gasteiger partial charge in [0.15, 0.2) is 11.5 Å². The Bertz CT molecular complexity index is 595. The van der Waals surface area contributed by atoms with Gasteiger partial charge in [0.25, 0.3) is 0 Å². The number of hydrogen-bond acceptors (Lipinski definition) is 5. The van der Waals surface area contributed by atoms with Gasteiger partial charge in [0.05, 0.1) is 33.5 Å². The number of ketones is 1. The minimum absolute atomic E-state index is 0. The molecule has 1 aromatic carbocycles. The normalized spacial score (nSPS) is 23.5. The number of nitrogens with zero attached hydrogens (tertiary/aromatic N) is 1. The van der Waals surface area contributed by atoms with Crippen molar-refractivity contribution in [1.82, 2.24) is 4.90 Å². The number of rotatable bonds is 7. The first-order valence-electron chi connectivity index (χ1n) is 9.29. The average Bonchev–Trinajstić information content (AvgIpc) is 3.08. The predicted molar refractivity (Wildman–Crippen MR) is 104 cm³/mol. The van der Waals surface area contributed by atoms with Crippen LogP contribution in [0.15, 0.2) is 18.2 Å². The van der Waals surface area contributed by atoms with E-state index >= 15 is 0 Å². The smallest absolute Gasteiger partial charge is 0.160 e. The van der Waals surface area contributed by atoms with Crippen molar-refractivity contribution in [3.8, 4) is 11.5 Å². The summed E-state index contributed by atoms with van der Waals surface area (Å²) in [6.07, 6.45) is 6.51. The molecular weight excluding hydrogens is 354 g/mol. The second-order valence-corrected chi connectivity index (χ2v) is 6.96. The van der Waals surface area contributed by atoms with Crippen LogP contribution >= 0.6 is 12.4 Å². The van der Waals surface area contributed by atoms with Crippen LogP contribution < -0.4 is 9.47 Å². The molecule has 1 heterocycles. The van der Waals surface area contributed by atoms with E-state index in [2.05, 4.69) is 11.0 Å². The highest BCUT2D eigenvalue weighted by Crippen LogP contribution is 2.29. The van der Waals surface area contributed by atoms with Crippen LogP contribution in [-0.4, -0.2) is 56.7 Å². The standard InChI is InChI=1S/C20H29NO4.ClH/c1-23-19-8-7-15(13-20(19)24-2)10-12-25-18-6-4-3-5-17(18)21-11-9-16(22)14-21;/h7-8,13,17-18H,3-6,9-12,14H2,1-2H3;1H/t17?,18-;/m0./s1. The maximum absolute atomic E-state index is 11.6. The van der Waals surface area contributed by atoms with Gasteiger partial charge in [-0.1, -0.05) is 18.9 Å². The summed E-state index contributed by atoms with van der Waals surface area (Å²) in [6, 6.07) is 6.42. The van der Waals surface area contributed by atoms with Gasteiger partial charge in [-0.05, 0) is 37.0 Å². The van der Waals surface area contributed by atoms with Gasteiger partial charge >= 0.3 is 0 Å². The number of likely N-dealkylation sites (tertiary alicyclic amines) is 1. The van der Waals surface area contributed by atoms with Crippen molar-refractivity contribution < 1.29 is 19.0 Å². The molecule has 1 unspecified atom stereocenters. The minimum Gasteiger partial charge on any atom is -0.493 e. The Kier molecular flexibility index (Phi) is 8.19. The molecule has 1 aromatic rings. The summed E-state index contributed by atoms with van der Waals surface area (Å²) in [7, 11) is 3.30. The number of halogens is 1. The summed E-state index contributed by atoms with van der Waals surface area (Å²) in [5.74, 6) is 1.87. The van der Waals surface area contributed by atoms with Gasteiger partial charge in [0, 0.05) is 19.0 Å². The molecule has 3 rings (SSSR count). The van der Waals surface area contributed by atoms with E-state index in [-0.39, 0.29) is 18.5 Å². The Morgan fingerprint density at radius 2 is 1.88 bits per heavy atom. The van der Waals surface area contributed by atoms with Gasteiger partial charge in [0.2, 0.25) is 0 Å². The number of benzene rings is 1. The van der Waals surface area contributed by atoms with E-state index in [1.807, 2.05) is 12.1 Å². The van der Waals surface area contributed by atoms with E-state index in [1.54, 1.807) is 14.2 Å². The molecule has 1 saturated carbocycles. The number of methoxy groups -OCH3 is 2. The summed E-state index contributed by atoms with van der Waals surface area (Å²) in [5, 5.41) is 0. The van der Waals surface area contributed by atoms with E-state index in [4.69, 9.17) is 14.2 Å². The van der Waals surface area contributed by atoms with E-state index in [1.165, 1.54) is 18.4 Å². The number of Topliss-reactive ketones (excluding diaryl/α,β-unsaturated/α-hetero) is 1. The molecule has 146 valence electrons. The second-order valence-electron chi connectivity index (χ2n) is 6.96. The van der Waals surface area contributed by atoms with Crippen molar-refractivity contribution in [2.75, 3.05) is 33.9 Å². The lowest BCUT2D eigenvalue weighted by Gasteiger charge is -2.37. The molecule has 1 aliphatic carbocycles. The second kappa shape index (κ2) is 10.1. The molecule has 5 nitrogen and oxygen atoms in total. The van der Waals surface area contributed by atoms with Crippen LogP contribution in [0.25, 0.3) is 0 Å². The van der Waals surface area contributed by atoms with Crippen LogP contribution in [0.4, 0.5) is 0 Å². The molecule has 2 atom stereocenters. The van der Waals surface area contributed by atoms with E-state index < -0.39 is 0 Å². The van der Waals surface area contributed by atoms with Gasteiger partial charge in [-0.2, -0.15) is 0 Å². The van der Waals surface area contributed by atoms with Crippen LogP contribution in [0.1, 0.15) is 37.7 Å². The number of carbonyl (C=O) groups is 1. The molecule has 0 radical (unpaired) electrons. The van der Waals surface area contributed by atoms with Gasteiger partial charge < -0.3 is 14.2 Å². The third-order valence-electron chi connectivity index (χ3n) is 5.36. The largest absolute Gasteiger partial charge is 0.493 e. The van der Waals surface area contributed by atoms with E-state index in [0.717, 1.165) is 37.3 Å². The molecule has 0 amide bonds. The SMILES string of the molecule is COc1ccc(CCO[C@H]2CCCCC2N2CCC(=O)C2)cc1OC.Cl. The lowest BCUT2D eigenvalue weighted by atomic mass is 9.91. The zero-order valence-corrected chi connectivity index (χ0v) is 16.6. The van der Waals surface area contributed by atoms with Crippen LogP contribution in [0, 0.1) is 0 Å². The Balaban J connectivity index is 0.00000243. The van der Waals surface area contributed by atoms with Gasteiger partial charge in [-0.15, -0.1) is 12.4 Å². The quantitative estimate of drug-likeness (QED) is 0.723. The minimum atomic E-state index is 0. The molecule has 6 heteroatoms. The van der Waals surface area contributed by atoms with Gasteiger partial charge in [-0.3, -0.25) is 9.69 Å². The average molecular weight is 384 g/mol. The Morgan fingerprint density at radius 1 is 1.12 bits per heavy atom. The molecule has 0 N–H and O–H groups in total. The highest BCUT2D eigenvalue weighted by molar-refractivity contribution is 5.85. The Labute approximate surface area is 162 Å². The van der Waals surface area contributed by atoms with Crippen molar-refractivity contribution in [2.45, 2.75) is 50.7 Å². The Morgan fingerprint density at radius 3 is 2.58 bits per heavy atom. The first-order chi connectivity index (χ1) is 12.2. The zero-order valence-electron chi connectivity index (χ0n) is 15.7. The first-order valence-corrected chi connectivity index (χ1v) is 9.29. The molecule has 2 aliphatic rings. The van der Waals surface area contributed by atoms with Crippen molar-refractivity contribution in [2.24, 2.45) is 0 Å². The molecule has 1 saturated heterocycles. The fraction of sp³-hybridized carbons (Fsp3) is 0.650. The highest BCUT2D eigenvalue weighted by atomic mass is 35.5. The van der Waals surface area contributed by atoms with Crippen LogP contribution in [0.5, 0.6) is 11.5 Å². The third kappa shape index (κ3) is 5.12. The van der Waals surface area contributed by atoms with E-state index in [0.29, 0.717) is 31.4 Å².